The third kappa shape index (κ3) is 3.78. The first-order chi connectivity index (χ1) is 9.18. The summed E-state index contributed by atoms with van der Waals surface area (Å²) in [5, 5.41) is 9.42. The SMILES string of the molecule is CN(CC(C(=O)O)c1ccccc1)C1CCOCC1. The molecule has 0 amide bonds. The van der Waals surface area contributed by atoms with Crippen LogP contribution in [-0.4, -0.2) is 48.8 Å². The molecule has 1 aliphatic rings. The monoisotopic (exact) mass is 263 g/mol. The Kier molecular flexibility index (Phi) is 4.93. The molecule has 0 spiro atoms. The predicted octanol–water partition coefficient (Wildman–Crippen LogP) is 1.97. The minimum atomic E-state index is -0.759. The molecule has 104 valence electrons. The summed E-state index contributed by atoms with van der Waals surface area (Å²) in [5.74, 6) is -1.22. The molecule has 1 saturated heterocycles. The number of hydrogen-bond acceptors (Lipinski definition) is 3. The minimum Gasteiger partial charge on any atom is -0.481 e. The van der Waals surface area contributed by atoms with Gasteiger partial charge in [-0.1, -0.05) is 30.3 Å². The number of hydrogen-bond donors (Lipinski definition) is 1. The molecule has 1 aromatic rings. The molecule has 0 aromatic heterocycles. The van der Waals surface area contributed by atoms with Crippen LogP contribution in [-0.2, 0) is 9.53 Å². The zero-order chi connectivity index (χ0) is 13.7. The second-order valence-electron chi connectivity index (χ2n) is 5.08. The molecule has 1 aromatic carbocycles. The molecule has 0 bridgehead atoms. The third-order valence-corrected chi connectivity index (χ3v) is 3.78. The number of rotatable bonds is 5. The van der Waals surface area contributed by atoms with E-state index < -0.39 is 11.9 Å². The summed E-state index contributed by atoms with van der Waals surface area (Å²) < 4.78 is 5.34. The van der Waals surface area contributed by atoms with Crippen LogP contribution < -0.4 is 0 Å². The first kappa shape index (κ1) is 14.0. The van der Waals surface area contributed by atoms with E-state index in [1.165, 1.54) is 0 Å². The molecule has 1 aliphatic heterocycles. The molecule has 1 atom stereocenters. The fourth-order valence-corrected chi connectivity index (χ4v) is 2.57. The maximum atomic E-state index is 11.5. The Morgan fingerprint density at radius 1 is 1.37 bits per heavy atom. The van der Waals surface area contributed by atoms with E-state index >= 15 is 0 Å². The highest BCUT2D eigenvalue weighted by molar-refractivity contribution is 5.76. The second-order valence-corrected chi connectivity index (χ2v) is 5.08. The Balaban J connectivity index is 2.02. The summed E-state index contributed by atoms with van der Waals surface area (Å²) in [6.45, 7) is 2.10. The number of carbonyl (C=O) groups is 1. The van der Waals surface area contributed by atoms with Gasteiger partial charge in [0.25, 0.3) is 0 Å². The van der Waals surface area contributed by atoms with Gasteiger partial charge in [0.1, 0.15) is 0 Å². The van der Waals surface area contributed by atoms with E-state index in [-0.39, 0.29) is 0 Å². The quantitative estimate of drug-likeness (QED) is 0.882. The van der Waals surface area contributed by atoms with E-state index in [4.69, 9.17) is 4.74 Å². The second kappa shape index (κ2) is 6.68. The summed E-state index contributed by atoms with van der Waals surface area (Å²) in [5.41, 5.74) is 0.869. The Morgan fingerprint density at radius 2 is 2.00 bits per heavy atom. The number of likely N-dealkylation sites (N-methyl/N-ethyl adjacent to an activating group) is 1. The van der Waals surface area contributed by atoms with Crippen molar-refractivity contribution >= 4 is 5.97 Å². The molecular weight excluding hydrogens is 242 g/mol. The number of ether oxygens (including phenoxy) is 1. The first-order valence-electron chi connectivity index (χ1n) is 6.74. The van der Waals surface area contributed by atoms with Gasteiger partial charge >= 0.3 is 5.97 Å². The largest absolute Gasteiger partial charge is 0.481 e. The highest BCUT2D eigenvalue weighted by Gasteiger charge is 2.25. The average molecular weight is 263 g/mol. The van der Waals surface area contributed by atoms with Crippen molar-refractivity contribution in [1.29, 1.82) is 0 Å². The lowest BCUT2D eigenvalue weighted by Crippen LogP contribution is -2.40. The van der Waals surface area contributed by atoms with E-state index in [1.807, 2.05) is 37.4 Å². The van der Waals surface area contributed by atoms with Crippen molar-refractivity contribution < 1.29 is 14.6 Å². The van der Waals surface area contributed by atoms with Crippen LogP contribution in [0.25, 0.3) is 0 Å². The molecule has 4 heteroatoms. The molecule has 19 heavy (non-hydrogen) atoms. The molecule has 0 radical (unpaired) electrons. The lowest BCUT2D eigenvalue weighted by atomic mass is 9.97. The van der Waals surface area contributed by atoms with Gasteiger partial charge in [-0.3, -0.25) is 4.79 Å². The Bertz CT molecular complexity index is 401. The molecule has 4 nitrogen and oxygen atoms in total. The topological polar surface area (TPSA) is 49.8 Å². The molecule has 1 N–H and O–H groups in total. The smallest absolute Gasteiger partial charge is 0.312 e. The fraction of sp³-hybridized carbons (Fsp3) is 0.533. The van der Waals surface area contributed by atoms with Crippen LogP contribution in [0.4, 0.5) is 0 Å². The van der Waals surface area contributed by atoms with Crippen LogP contribution in [0.1, 0.15) is 24.3 Å². The van der Waals surface area contributed by atoms with Gasteiger partial charge in [0.05, 0.1) is 5.92 Å². The zero-order valence-electron chi connectivity index (χ0n) is 11.3. The van der Waals surface area contributed by atoms with Gasteiger partial charge in [-0.05, 0) is 25.5 Å². The van der Waals surface area contributed by atoms with E-state index in [1.54, 1.807) is 0 Å². The number of aliphatic carboxylic acids is 1. The van der Waals surface area contributed by atoms with Crippen LogP contribution in [0.2, 0.25) is 0 Å². The molecule has 1 fully saturated rings. The third-order valence-electron chi connectivity index (χ3n) is 3.78. The molecule has 0 saturated carbocycles. The molecule has 1 unspecified atom stereocenters. The van der Waals surface area contributed by atoms with Gasteiger partial charge in [0, 0.05) is 25.8 Å². The van der Waals surface area contributed by atoms with Gasteiger partial charge in [0.15, 0.2) is 0 Å². The predicted molar refractivity (Wildman–Crippen MR) is 73.3 cm³/mol. The van der Waals surface area contributed by atoms with Crippen molar-refractivity contribution in [1.82, 2.24) is 4.90 Å². The van der Waals surface area contributed by atoms with Gasteiger partial charge < -0.3 is 14.7 Å². The van der Waals surface area contributed by atoms with Crippen molar-refractivity contribution in [2.75, 3.05) is 26.8 Å². The van der Waals surface area contributed by atoms with E-state index in [2.05, 4.69) is 4.90 Å². The number of carboxylic acid groups (broad SMARTS) is 1. The summed E-state index contributed by atoms with van der Waals surface area (Å²) in [4.78, 5) is 13.6. The van der Waals surface area contributed by atoms with Crippen LogP contribution in [0.5, 0.6) is 0 Å². The van der Waals surface area contributed by atoms with Crippen LogP contribution in [0.15, 0.2) is 30.3 Å². The lowest BCUT2D eigenvalue weighted by Gasteiger charge is -2.32. The van der Waals surface area contributed by atoms with Crippen LogP contribution in [0, 0.1) is 0 Å². The highest BCUT2D eigenvalue weighted by Crippen LogP contribution is 2.20. The van der Waals surface area contributed by atoms with Crippen molar-refractivity contribution in [3.05, 3.63) is 35.9 Å². The maximum absolute atomic E-state index is 11.5. The van der Waals surface area contributed by atoms with Crippen molar-refractivity contribution in [2.24, 2.45) is 0 Å². The lowest BCUT2D eigenvalue weighted by molar-refractivity contribution is -0.139. The van der Waals surface area contributed by atoms with E-state index in [9.17, 15) is 9.90 Å². The summed E-state index contributed by atoms with van der Waals surface area (Å²) >= 11 is 0. The Labute approximate surface area is 114 Å². The maximum Gasteiger partial charge on any atom is 0.312 e. The summed E-state index contributed by atoms with van der Waals surface area (Å²) in [6.07, 6.45) is 1.97. The number of nitrogens with zero attached hydrogens (tertiary/aromatic N) is 1. The van der Waals surface area contributed by atoms with Crippen LogP contribution >= 0.6 is 0 Å². The Morgan fingerprint density at radius 3 is 2.58 bits per heavy atom. The molecular formula is C15H21NO3. The first-order valence-corrected chi connectivity index (χ1v) is 6.74. The minimum absolute atomic E-state index is 0.430. The van der Waals surface area contributed by atoms with Gasteiger partial charge in [-0.15, -0.1) is 0 Å². The van der Waals surface area contributed by atoms with Crippen molar-refractivity contribution in [2.45, 2.75) is 24.8 Å². The van der Waals surface area contributed by atoms with Gasteiger partial charge in [0.2, 0.25) is 0 Å². The van der Waals surface area contributed by atoms with Crippen LogP contribution in [0.3, 0.4) is 0 Å². The van der Waals surface area contributed by atoms with E-state index in [0.717, 1.165) is 31.6 Å². The number of benzene rings is 1. The normalized spacial score (nSPS) is 18.4. The molecule has 2 rings (SSSR count). The molecule has 0 aliphatic carbocycles. The summed E-state index contributed by atoms with van der Waals surface area (Å²) in [7, 11) is 2.01. The van der Waals surface area contributed by atoms with E-state index in [0.29, 0.717) is 12.6 Å². The van der Waals surface area contributed by atoms with Crippen molar-refractivity contribution in [3.8, 4) is 0 Å². The number of carboxylic acids is 1. The average Bonchev–Trinajstić information content (AvgIpc) is 2.46. The molecule has 1 heterocycles. The fourth-order valence-electron chi connectivity index (χ4n) is 2.57. The zero-order valence-corrected chi connectivity index (χ0v) is 11.3. The van der Waals surface area contributed by atoms with Gasteiger partial charge in [-0.2, -0.15) is 0 Å². The Hall–Kier alpha value is -1.39. The van der Waals surface area contributed by atoms with Gasteiger partial charge in [-0.25, -0.2) is 0 Å². The highest BCUT2D eigenvalue weighted by atomic mass is 16.5. The van der Waals surface area contributed by atoms with Crippen molar-refractivity contribution in [3.63, 3.8) is 0 Å². The summed E-state index contributed by atoms with van der Waals surface area (Å²) in [6, 6.07) is 9.89. The standard InChI is InChI=1S/C15H21NO3/c1-16(13-7-9-19-10-8-13)11-14(15(17)18)12-5-3-2-4-6-12/h2-6,13-14H,7-11H2,1H3,(H,17,18).